The maximum absolute atomic E-state index is 11.5. The van der Waals surface area contributed by atoms with Gasteiger partial charge in [-0.15, -0.1) is 0 Å². The molecule has 1 aromatic carbocycles. The van der Waals surface area contributed by atoms with Crippen molar-refractivity contribution in [2.45, 2.75) is 26.0 Å². The van der Waals surface area contributed by atoms with Gasteiger partial charge < -0.3 is 10.3 Å². The summed E-state index contributed by atoms with van der Waals surface area (Å²) in [6.07, 6.45) is 1.14. The number of nitrogens with zero attached hydrogens (tertiary/aromatic N) is 2. The molecule has 0 saturated heterocycles. The fourth-order valence-electron chi connectivity index (χ4n) is 1.86. The Hall–Kier alpha value is -1.89. The first kappa shape index (κ1) is 14.5. The zero-order chi connectivity index (χ0) is 15.1. The molecule has 0 spiro atoms. The van der Waals surface area contributed by atoms with Crippen LogP contribution in [0.25, 0.3) is 11.5 Å². The van der Waals surface area contributed by atoms with Gasteiger partial charge in [0.1, 0.15) is 5.25 Å². The summed E-state index contributed by atoms with van der Waals surface area (Å²) < 4.78 is 28.2. The second-order valence-corrected chi connectivity index (χ2v) is 7.34. The average molecular weight is 295 g/mol. The van der Waals surface area contributed by atoms with E-state index < -0.39 is 15.1 Å². The molecular formula is C13H17N3O3S. The highest BCUT2D eigenvalue weighted by Crippen LogP contribution is 2.30. The molecule has 2 aromatic rings. The van der Waals surface area contributed by atoms with Crippen LogP contribution in [0.5, 0.6) is 0 Å². The summed E-state index contributed by atoms with van der Waals surface area (Å²) >= 11 is 0. The fourth-order valence-corrected chi connectivity index (χ4v) is 2.34. The Morgan fingerprint density at radius 2 is 1.95 bits per heavy atom. The van der Waals surface area contributed by atoms with E-state index in [4.69, 9.17) is 10.3 Å². The van der Waals surface area contributed by atoms with Gasteiger partial charge in [-0.1, -0.05) is 11.2 Å². The van der Waals surface area contributed by atoms with E-state index in [1.165, 1.54) is 6.92 Å². The van der Waals surface area contributed by atoms with E-state index in [0.29, 0.717) is 11.3 Å². The van der Waals surface area contributed by atoms with Gasteiger partial charge in [0.15, 0.2) is 15.7 Å². The lowest BCUT2D eigenvalue weighted by Gasteiger charge is -2.06. The van der Waals surface area contributed by atoms with Crippen molar-refractivity contribution >= 4 is 15.5 Å². The van der Waals surface area contributed by atoms with E-state index >= 15 is 0 Å². The minimum absolute atomic E-state index is 0.140. The number of nitrogens with two attached hydrogens (primary N) is 1. The molecular weight excluding hydrogens is 278 g/mol. The van der Waals surface area contributed by atoms with Gasteiger partial charge >= 0.3 is 0 Å². The van der Waals surface area contributed by atoms with Crippen LogP contribution in [-0.2, 0) is 9.84 Å². The van der Waals surface area contributed by atoms with Crippen molar-refractivity contribution in [3.05, 3.63) is 29.1 Å². The largest absolute Gasteiger partial charge is 0.398 e. The maximum atomic E-state index is 11.5. The van der Waals surface area contributed by atoms with Crippen LogP contribution in [-0.4, -0.2) is 24.8 Å². The molecule has 2 N–H and O–H groups in total. The number of benzene rings is 1. The number of aromatic nitrogens is 2. The Kier molecular flexibility index (Phi) is 3.56. The molecule has 0 aliphatic rings. The number of sulfone groups is 1. The highest BCUT2D eigenvalue weighted by atomic mass is 32.2. The molecule has 0 amide bonds. The van der Waals surface area contributed by atoms with Crippen molar-refractivity contribution in [1.82, 2.24) is 10.1 Å². The molecule has 1 aromatic heterocycles. The van der Waals surface area contributed by atoms with Crippen LogP contribution in [0.3, 0.4) is 0 Å². The smallest absolute Gasteiger partial charge is 0.260 e. The quantitative estimate of drug-likeness (QED) is 0.870. The number of nitrogen functional groups attached to an aromatic ring is 1. The van der Waals surface area contributed by atoms with Crippen molar-refractivity contribution in [2.24, 2.45) is 0 Å². The van der Waals surface area contributed by atoms with Crippen LogP contribution in [0.4, 0.5) is 5.69 Å². The lowest BCUT2D eigenvalue weighted by atomic mass is 10.0. The first-order valence-electron chi connectivity index (χ1n) is 6.09. The van der Waals surface area contributed by atoms with Crippen molar-refractivity contribution in [2.75, 3.05) is 12.0 Å². The van der Waals surface area contributed by atoms with Gasteiger partial charge in [0.2, 0.25) is 0 Å². The van der Waals surface area contributed by atoms with E-state index in [1.807, 2.05) is 26.0 Å². The lowest BCUT2D eigenvalue weighted by molar-refractivity contribution is 0.422. The molecule has 0 saturated carbocycles. The Morgan fingerprint density at radius 3 is 2.55 bits per heavy atom. The second kappa shape index (κ2) is 4.90. The number of aryl methyl sites for hydroxylation is 2. The molecule has 1 heterocycles. The van der Waals surface area contributed by atoms with Gasteiger partial charge in [0, 0.05) is 11.9 Å². The molecule has 7 heteroatoms. The number of anilines is 1. The summed E-state index contributed by atoms with van der Waals surface area (Å²) in [5.74, 6) is 0.376. The van der Waals surface area contributed by atoms with Gasteiger partial charge in [-0.2, -0.15) is 4.98 Å². The maximum Gasteiger partial charge on any atom is 0.260 e. The predicted octanol–water partition coefficient (Wildman–Crippen LogP) is 2.04. The first-order chi connectivity index (χ1) is 9.20. The zero-order valence-electron chi connectivity index (χ0n) is 11.8. The van der Waals surface area contributed by atoms with E-state index in [-0.39, 0.29) is 11.7 Å². The standard InChI is InChI=1S/C13H17N3O3S/c1-7-5-8(2)11(14)10(6-7)13-15-12(16-19-13)9(3)20(4,17)18/h5-6,9H,14H2,1-4H3. The number of hydrogen-bond acceptors (Lipinski definition) is 6. The van der Waals surface area contributed by atoms with E-state index in [0.717, 1.165) is 17.4 Å². The van der Waals surface area contributed by atoms with E-state index in [1.54, 1.807) is 0 Å². The summed E-state index contributed by atoms with van der Waals surface area (Å²) in [5, 5.41) is 2.93. The number of hydrogen-bond donors (Lipinski definition) is 1. The van der Waals surface area contributed by atoms with Crippen molar-refractivity contribution in [3.8, 4) is 11.5 Å². The lowest BCUT2D eigenvalue weighted by Crippen LogP contribution is -2.09. The first-order valence-corrected chi connectivity index (χ1v) is 8.05. The Balaban J connectivity index is 2.49. The topological polar surface area (TPSA) is 99.1 Å². The van der Waals surface area contributed by atoms with Crippen molar-refractivity contribution < 1.29 is 12.9 Å². The van der Waals surface area contributed by atoms with Crippen LogP contribution in [0, 0.1) is 13.8 Å². The van der Waals surface area contributed by atoms with Crippen LogP contribution in [0.15, 0.2) is 16.7 Å². The van der Waals surface area contributed by atoms with Crippen molar-refractivity contribution in [1.29, 1.82) is 0 Å². The third-order valence-corrected chi connectivity index (χ3v) is 4.70. The normalized spacial score (nSPS) is 13.4. The van der Waals surface area contributed by atoms with Crippen LogP contribution < -0.4 is 5.73 Å². The molecule has 1 atom stereocenters. The molecule has 0 aliphatic heterocycles. The third-order valence-electron chi connectivity index (χ3n) is 3.21. The molecule has 2 rings (SSSR count). The molecule has 20 heavy (non-hydrogen) atoms. The minimum atomic E-state index is -3.27. The SMILES string of the molecule is Cc1cc(C)c(N)c(-c2nc(C(C)S(C)(=O)=O)no2)c1. The Morgan fingerprint density at radius 1 is 1.30 bits per heavy atom. The zero-order valence-corrected chi connectivity index (χ0v) is 12.7. The third kappa shape index (κ3) is 2.67. The second-order valence-electron chi connectivity index (χ2n) is 4.97. The van der Waals surface area contributed by atoms with E-state index in [9.17, 15) is 8.42 Å². The van der Waals surface area contributed by atoms with Gasteiger partial charge in [-0.05, 0) is 38.0 Å². The minimum Gasteiger partial charge on any atom is -0.398 e. The summed E-state index contributed by atoms with van der Waals surface area (Å²) in [5.41, 5.74) is 9.12. The molecule has 0 fully saturated rings. The van der Waals surface area contributed by atoms with Gasteiger partial charge in [0.25, 0.3) is 5.89 Å². The Labute approximate surface area is 117 Å². The van der Waals surface area contributed by atoms with Crippen LogP contribution in [0.1, 0.15) is 29.1 Å². The summed E-state index contributed by atoms with van der Waals surface area (Å²) in [6, 6.07) is 3.79. The molecule has 1 unspecified atom stereocenters. The summed E-state index contributed by atoms with van der Waals surface area (Å²) in [6.45, 7) is 5.35. The number of rotatable bonds is 3. The predicted molar refractivity (Wildman–Crippen MR) is 76.9 cm³/mol. The van der Waals surface area contributed by atoms with Gasteiger partial charge in [0.05, 0.1) is 5.56 Å². The Bertz CT molecular complexity index is 750. The van der Waals surface area contributed by atoms with Gasteiger partial charge in [-0.3, -0.25) is 0 Å². The van der Waals surface area contributed by atoms with E-state index in [2.05, 4.69) is 10.1 Å². The summed E-state index contributed by atoms with van der Waals surface area (Å²) in [4.78, 5) is 4.15. The van der Waals surface area contributed by atoms with Gasteiger partial charge in [-0.25, -0.2) is 8.42 Å². The monoisotopic (exact) mass is 295 g/mol. The highest BCUT2D eigenvalue weighted by Gasteiger charge is 2.24. The van der Waals surface area contributed by atoms with Crippen LogP contribution in [0.2, 0.25) is 0 Å². The highest BCUT2D eigenvalue weighted by molar-refractivity contribution is 7.90. The van der Waals surface area contributed by atoms with Crippen molar-refractivity contribution in [3.63, 3.8) is 0 Å². The molecule has 108 valence electrons. The fraction of sp³-hybridized carbons (Fsp3) is 0.385. The molecule has 0 radical (unpaired) electrons. The summed E-state index contributed by atoms with van der Waals surface area (Å²) in [7, 11) is -3.27. The molecule has 0 aliphatic carbocycles. The molecule has 0 bridgehead atoms. The average Bonchev–Trinajstić information content (AvgIpc) is 2.80. The molecule has 6 nitrogen and oxygen atoms in total. The van der Waals surface area contributed by atoms with Crippen LogP contribution >= 0.6 is 0 Å².